The highest BCUT2D eigenvalue weighted by atomic mass is 35.5. The Hall–Kier alpha value is -0.810. The van der Waals surface area contributed by atoms with Crippen molar-refractivity contribution in [2.24, 2.45) is 11.8 Å². The number of amides is 1. The van der Waals surface area contributed by atoms with E-state index in [4.69, 9.17) is 4.74 Å². The van der Waals surface area contributed by atoms with Gasteiger partial charge in [0.25, 0.3) is 0 Å². The second kappa shape index (κ2) is 9.15. The predicted octanol–water partition coefficient (Wildman–Crippen LogP) is 1.11. The summed E-state index contributed by atoms with van der Waals surface area (Å²) in [4.78, 5) is 23.7. The number of rotatable bonds is 5. The highest BCUT2D eigenvalue weighted by Gasteiger charge is 2.27. The first-order chi connectivity index (χ1) is 8.54. The summed E-state index contributed by atoms with van der Waals surface area (Å²) < 4.78 is 4.74. The van der Waals surface area contributed by atoms with Crippen molar-refractivity contribution in [3.05, 3.63) is 0 Å². The molecule has 112 valence electrons. The highest BCUT2D eigenvalue weighted by molar-refractivity contribution is 5.86. The lowest BCUT2D eigenvalue weighted by atomic mass is 9.96. The minimum atomic E-state index is -0.516. The second-order valence-corrected chi connectivity index (χ2v) is 5.24. The molecule has 1 saturated heterocycles. The first-order valence-electron chi connectivity index (χ1n) is 6.63. The van der Waals surface area contributed by atoms with E-state index in [1.54, 1.807) is 0 Å². The van der Waals surface area contributed by atoms with E-state index in [1.807, 2.05) is 13.8 Å². The van der Waals surface area contributed by atoms with Crippen molar-refractivity contribution >= 4 is 24.3 Å². The molecular weight excluding hydrogens is 268 g/mol. The monoisotopic (exact) mass is 292 g/mol. The molecule has 5 nitrogen and oxygen atoms in total. The summed E-state index contributed by atoms with van der Waals surface area (Å²) in [6, 6.07) is -0.516. The van der Waals surface area contributed by atoms with Gasteiger partial charge in [-0.05, 0) is 38.3 Å². The number of esters is 1. The molecule has 1 atom stereocenters. The SMILES string of the molecule is COC(=O)C(CC(C)C)NC(=O)C1CCNCC1.Cl. The first-order valence-corrected chi connectivity index (χ1v) is 6.63. The third kappa shape index (κ3) is 6.25. The van der Waals surface area contributed by atoms with Crippen molar-refractivity contribution in [3.63, 3.8) is 0 Å². The molecule has 0 aromatic carbocycles. The van der Waals surface area contributed by atoms with Crippen LogP contribution in [-0.2, 0) is 14.3 Å². The predicted molar refractivity (Wildman–Crippen MR) is 76.2 cm³/mol. The summed E-state index contributed by atoms with van der Waals surface area (Å²) in [5, 5.41) is 6.04. The van der Waals surface area contributed by atoms with Crippen LogP contribution in [0.25, 0.3) is 0 Å². The van der Waals surface area contributed by atoms with Gasteiger partial charge in [-0.15, -0.1) is 12.4 Å². The molecule has 1 aliphatic heterocycles. The van der Waals surface area contributed by atoms with Crippen molar-refractivity contribution in [3.8, 4) is 0 Å². The summed E-state index contributed by atoms with van der Waals surface area (Å²) in [7, 11) is 1.35. The van der Waals surface area contributed by atoms with Crippen molar-refractivity contribution < 1.29 is 14.3 Å². The average molecular weight is 293 g/mol. The summed E-state index contributed by atoms with van der Waals surface area (Å²) in [6.45, 7) is 5.77. The molecule has 1 rings (SSSR count). The van der Waals surface area contributed by atoms with E-state index >= 15 is 0 Å². The summed E-state index contributed by atoms with van der Waals surface area (Å²) in [5.41, 5.74) is 0. The number of nitrogens with one attached hydrogen (secondary N) is 2. The van der Waals surface area contributed by atoms with Gasteiger partial charge in [-0.3, -0.25) is 4.79 Å². The Morgan fingerprint density at radius 1 is 1.32 bits per heavy atom. The number of ether oxygens (including phenoxy) is 1. The standard InChI is InChI=1S/C13H24N2O3.ClH/c1-9(2)8-11(13(17)18-3)15-12(16)10-4-6-14-7-5-10;/h9-11,14H,4-8H2,1-3H3,(H,15,16);1H. The van der Waals surface area contributed by atoms with E-state index in [0.29, 0.717) is 12.3 Å². The second-order valence-electron chi connectivity index (χ2n) is 5.24. The van der Waals surface area contributed by atoms with Gasteiger partial charge in [0.05, 0.1) is 7.11 Å². The molecule has 0 aliphatic carbocycles. The van der Waals surface area contributed by atoms with E-state index in [9.17, 15) is 9.59 Å². The zero-order chi connectivity index (χ0) is 13.5. The normalized spacial score (nSPS) is 17.5. The third-order valence-electron chi connectivity index (χ3n) is 3.22. The van der Waals surface area contributed by atoms with E-state index in [2.05, 4.69) is 10.6 Å². The van der Waals surface area contributed by atoms with Crippen LogP contribution < -0.4 is 10.6 Å². The maximum Gasteiger partial charge on any atom is 0.328 e. The number of halogens is 1. The first kappa shape index (κ1) is 18.2. The van der Waals surface area contributed by atoms with Gasteiger partial charge in [-0.2, -0.15) is 0 Å². The van der Waals surface area contributed by atoms with Crippen LogP contribution in [0.4, 0.5) is 0 Å². The van der Waals surface area contributed by atoms with Gasteiger partial charge >= 0.3 is 5.97 Å². The molecule has 2 N–H and O–H groups in total. The Kier molecular flexibility index (Phi) is 8.76. The minimum Gasteiger partial charge on any atom is -0.467 e. The molecule has 0 aromatic heterocycles. The Balaban J connectivity index is 0.00000324. The maximum atomic E-state index is 12.1. The molecule has 0 radical (unpaired) electrons. The van der Waals surface area contributed by atoms with Crippen molar-refractivity contribution in [2.45, 2.75) is 39.2 Å². The molecule has 0 spiro atoms. The van der Waals surface area contributed by atoms with Gasteiger partial charge in [0, 0.05) is 5.92 Å². The lowest BCUT2D eigenvalue weighted by Gasteiger charge is -2.25. The van der Waals surface area contributed by atoms with Crippen LogP contribution >= 0.6 is 12.4 Å². The fourth-order valence-corrected chi connectivity index (χ4v) is 2.20. The summed E-state index contributed by atoms with van der Waals surface area (Å²) in [6.07, 6.45) is 2.28. The lowest BCUT2D eigenvalue weighted by molar-refractivity contribution is -0.146. The Bertz CT molecular complexity index is 292. The zero-order valence-corrected chi connectivity index (χ0v) is 12.7. The Labute approximate surface area is 121 Å². The highest BCUT2D eigenvalue weighted by Crippen LogP contribution is 2.13. The molecule has 1 amide bonds. The topological polar surface area (TPSA) is 67.4 Å². The average Bonchev–Trinajstić information content (AvgIpc) is 2.37. The van der Waals surface area contributed by atoms with Crippen LogP contribution in [0.15, 0.2) is 0 Å². The van der Waals surface area contributed by atoms with Crippen molar-refractivity contribution in [2.75, 3.05) is 20.2 Å². The maximum absolute atomic E-state index is 12.1. The number of piperidine rings is 1. The van der Waals surface area contributed by atoms with E-state index < -0.39 is 6.04 Å². The summed E-state index contributed by atoms with van der Waals surface area (Å²) >= 11 is 0. The lowest BCUT2D eigenvalue weighted by Crippen LogP contribution is -2.46. The molecule has 1 heterocycles. The fourth-order valence-electron chi connectivity index (χ4n) is 2.20. The van der Waals surface area contributed by atoms with Crippen LogP contribution in [0.1, 0.15) is 33.1 Å². The number of hydrogen-bond donors (Lipinski definition) is 2. The van der Waals surface area contributed by atoms with Crippen LogP contribution in [-0.4, -0.2) is 38.1 Å². The number of hydrogen-bond acceptors (Lipinski definition) is 4. The molecule has 1 unspecified atom stereocenters. The Morgan fingerprint density at radius 2 is 1.89 bits per heavy atom. The van der Waals surface area contributed by atoms with Gasteiger partial charge in [-0.1, -0.05) is 13.8 Å². The largest absolute Gasteiger partial charge is 0.467 e. The molecule has 0 bridgehead atoms. The van der Waals surface area contributed by atoms with E-state index in [1.165, 1.54) is 7.11 Å². The van der Waals surface area contributed by atoms with Gasteiger partial charge < -0.3 is 15.4 Å². The molecule has 0 saturated carbocycles. The fraction of sp³-hybridized carbons (Fsp3) is 0.846. The van der Waals surface area contributed by atoms with Gasteiger partial charge in [-0.25, -0.2) is 4.79 Å². The van der Waals surface area contributed by atoms with Crippen LogP contribution in [0.5, 0.6) is 0 Å². The smallest absolute Gasteiger partial charge is 0.328 e. The zero-order valence-electron chi connectivity index (χ0n) is 11.9. The quantitative estimate of drug-likeness (QED) is 0.745. The summed E-state index contributed by atoms with van der Waals surface area (Å²) in [5.74, 6) is -0.0217. The Morgan fingerprint density at radius 3 is 2.37 bits per heavy atom. The molecular formula is C13H25ClN2O3. The van der Waals surface area contributed by atoms with Gasteiger partial charge in [0.2, 0.25) is 5.91 Å². The van der Waals surface area contributed by atoms with E-state index in [0.717, 1.165) is 25.9 Å². The molecule has 0 aromatic rings. The number of carbonyl (C=O) groups excluding carboxylic acids is 2. The molecule has 1 fully saturated rings. The van der Waals surface area contributed by atoms with Crippen molar-refractivity contribution in [1.82, 2.24) is 10.6 Å². The van der Waals surface area contributed by atoms with Gasteiger partial charge in [0.1, 0.15) is 6.04 Å². The number of carbonyl (C=O) groups is 2. The van der Waals surface area contributed by atoms with Crippen molar-refractivity contribution in [1.29, 1.82) is 0 Å². The van der Waals surface area contributed by atoms with E-state index in [-0.39, 0.29) is 30.2 Å². The molecule has 1 aliphatic rings. The number of methoxy groups -OCH3 is 1. The molecule has 6 heteroatoms. The van der Waals surface area contributed by atoms with Gasteiger partial charge in [0.15, 0.2) is 0 Å². The van der Waals surface area contributed by atoms with Crippen LogP contribution in [0.3, 0.4) is 0 Å². The molecule has 19 heavy (non-hydrogen) atoms. The van der Waals surface area contributed by atoms with Crippen LogP contribution in [0.2, 0.25) is 0 Å². The minimum absolute atomic E-state index is 0. The third-order valence-corrected chi connectivity index (χ3v) is 3.22. The van der Waals surface area contributed by atoms with Crippen LogP contribution in [0, 0.1) is 11.8 Å².